The van der Waals surface area contributed by atoms with Gasteiger partial charge in [-0.2, -0.15) is 0 Å². The van der Waals surface area contributed by atoms with E-state index in [1.54, 1.807) is 0 Å². The number of ether oxygens (including phenoxy) is 1. The summed E-state index contributed by atoms with van der Waals surface area (Å²) in [4.78, 5) is 14.8. The van der Waals surface area contributed by atoms with Gasteiger partial charge in [0, 0.05) is 31.7 Å². The van der Waals surface area contributed by atoms with Crippen LogP contribution in [0.3, 0.4) is 0 Å². The Kier molecular flexibility index (Phi) is 5.73. The first-order valence-electron chi connectivity index (χ1n) is 10.2. The van der Waals surface area contributed by atoms with Crippen LogP contribution in [0.2, 0.25) is 0 Å². The highest BCUT2D eigenvalue weighted by molar-refractivity contribution is 5.94. The molecule has 30 heavy (non-hydrogen) atoms. The van der Waals surface area contributed by atoms with Crippen LogP contribution in [0.5, 0.6) is 5.75 Å². The van der Waals surface area contributed by atoms with Crippen LogP contribution in [-0.2, 0) is 0 Å². The van der Waals surface area contributed by atoms with E-state index in [1.165, 1.54) is 23.8 Å². The average molecular weight is 418 g/mol. The number of fused-ring (bicyclic) bond motifs is 1. The molecule has 1 saturated heterocycles. The van der Waals surface area contributed by atoms with Crippen molar-refractivity contribution < 1.29 is 22.7 Å². The van der Waals surface area contributed by atoms with Crippen LogP contribution in [-0.4, -0.2) is 43.3 Å². The number of hydrogen-bond donors (Lipinski definition) is 1. The summed E-state index contributed by atoms with van der Waals surface area (Å²) in [6, 6.07) is 15.6. The minimum Gasteiger partial charge on any atom is -0.406 e. The van der Waals surface area contributed by atoms with Gasteiger partial charge in [0.25, 0.3) is 5.91 Å². The summed E-state index contributed by atoms with van der Waals surface area (Å²) >= 11 is 0. The van der Waals surface area contributed by atoms with Crippen LogP contribution >= 0.6 is 0 Å². The summed E-state index contributed by atoms with van der Waals surface area (Å²) in [6.07, 6.45) is -4.77. The number of halogens is 3. The molecule has 2 fully saturated rings. The normalized spacial score (nSPS) is 24.2. The van der Waals surface area contributed by atoms with E-state index in [2.05, 4.69) is 46.1 Å². The third-order valence-corrected chi connectivity index (χ3v) is 6.18. The lowest BCUT2D eigenvalue weighted by Crippen LogP contribution is -2.32. The van der Waals surface area contributed by atoms with Crippen LogP contribution in [0.4, 0.5) is 13.2 Å². The lowest BCUT2D eigenvalue weighted by molar-refractivity contribution is -0.274. The zero-order valence-corrected chi connectivity index (χ0v) is 16.7. The first kappa shape index (κ1) is 20.7. The van der Waals surface area contributed by atoms with Crippen molar-refractivity contribution in [1.82, 2.24) is 10.2 Å². The molecule has 1 aliphatic carbocycles. The van der Waals surface area contributed by atoms with E-state index < -0.39 is 6.36 Å². The maximum Gasteiger partial charge on any atom is 0.573 e. The molecule has 1 aliphatic heterocycles. The fourth-order valence-corrected chi connectivity index (χ4v) is 4.61. The molecule has 3 atom stereocenters. The highest BCUT2D eigenvalue weighted by Gasteiger charge is 2.55. The summed E-state index contributed by atoms with van der Waals surface area (Å²) in [7, 11) is 0. The average Bonchev–Trinajstić information content (AvgIpc) is 3.16. The Hall–Kier alpha value is -2.54. The number of nitrogens with zero attached hydrogens (tertiary/aromatic N) is 1. The van der Waals surface area contributed by atoms with Gasteiger partial charge in [0.1, 0.15) is 5.75 Å². The SMILES string of the molecule is CC(CN1CC2C(CNC(=O)c3cccc(OC(F)(F)F)c3)C2C1)c1ccccc1. The lowest BCUT2D eigenvalue weighted by atomic mass is 10.0. The molecular weight excluding hydrogens is 393 g/mol. The monoisotopic (exact) mass is 418 g/mol. The topological polar surface area (TPSA) is 41.6 Å². The maximum atomic E-state index is 12.3. The van der Waals surface area contributed by atoms with Crippen molar-refractivity contribution in [3.05, 3.63) is 65.7 Å². The number of likely N-dealkylation sites (tertiary alicyclic amines) is 1. The van der Waals surface area contributed by atoms with Crippen molar-refractivity contribution >= 4 is 5.91 Å². The molecule has 2 aromatic rings. The number of piperidine rings is 1. The molecular formula is C23H25F3N2O2. The third kappa shape index (κ3) is 4.95. The van der Waals surface area contributed by atoms with Gasteiger partial charge < -0.3 is 15.0 Å². The van der Waals surface area contributed by atoms with Crippen molar-refractivity contribution in [2.75, 3.05) is 26.2 Å². The minimum absolute atomic E-state index is 0.167. The fraction of sp³-hybridized carbons (Fsp3) is 0.435. The smallest absolute Gasteiger partial charge is 0.406 e. The van der Waals surface area contributed by atoms with Crippen LogP contribution in [0.1, 0.15) is 28.8 Å². The number of amides is 1. The number of rotatable bonds is 7. The van der Waals surface area contributed by atoms with Gasteiger partial charge in [-0.1, -0.05) is 43.3 Å². The molecule has 3 unspecified atom stereocenters. The first-order chi connectivity index (χ1) is 14.3. The number of carbonyl (C=O) groups excluding carboxylic acids is 1. The van der Waals surface area contributed by atoms with Gasteiger partial charge in [0.15, 0.2) is 0 Å². The molecule has 0 bridgehead atoms. The number of benzene rings is 2. The number of carbonyl (C=O) groups is 1. The second kappa shape index (κ2) is 8.30. The van der Waals surface area contributed by atoms with E-state index in [1.807, 2.05) is 6.07 Å². The van der Waals surface area contributed by atoms with Gasteiger partial charge in [0.2, 0.25) is 0 Å². The van der Waals surface area contributed by atoms with Crippen molar-refractivity contribution in [3.8, 4) is 5.75 Å². The van der Waals surface area contributed by atoms with Crippen molar-refractivity contribution in [2.24, 2.45) is 17.8 Å². The molecule has 0 spiro atoms. The second-order valence-electron chi connectivity index (χ2n) is 8.31. The number of nitrogens with one attached hydrogen (secondary N) is 1. The van der Waals surface area contributed by atoms with Crippen molar-refractivity contribution in [1.29, 1.82) is 0 Å². The van der Waals surface area contributed by atoms with Gasteiger partial charge in [-0.3, -0.25) is 4.79 Å². The molecule has 4 rings (SSSR count). The second-order valence-corrected chi connectivity index (χ2v) is 8.31. The fourth-order valence-electron chi connectivity index (χ4n) is 4.61. The van der Waals surface area contributed by atoms with Crippen LogP contribution in [0, 0.1) is 17.8 Å². The first-order valence-corrected chi connectivity index (χ1v) is 10.2. The largest absolute Gasteiger partial charge is 0.573 e. The predicted octanol–water partition coefficient (Wildman–Crippen LogP) is 4.30. The van der Waals surface area contributed by atoms with Gasteiger partial charge in [0.05, 0.1) is 0 Å². The Labute approximate surface area is 174 Å². The molecule has 0 aromatic heterocycles. The summed E-state index contributed by atoms with van der Waals surface area (Å²) in [5.74, 6) is 1.35. The number of hydrogen-bond acceptors (Lipinski definition) is 3. The molecule has 1 amide bonds. The summed E-state index contributed by atoms with van der Waals surface area (Å²) in [5.41, 5.74) is 1.51. The van der Waals surface area contributed by atoms with E-state index in [-0.39, 0.29) is 17.2 Å². The van der Waals surface area contributed by atoms with Gasteiger partial charge >= 0.3 is 6.36 Å². The Morgan fingerprint density at radius 1 is 1.13 bits per heavy atom. The highest BCUT2D eigenvalue weighted by Crippen LogP contribution is 2.51. The van der Waals surface area contributed by atoms with Crippen molar-refractivity contribution in [2.45, 2.75) is 19.2 Å². The number of alkyl halides is 3. The maximum absolute atomic E-state index is 12.3. The zero-order chi connectivity index (χ0) is 21.3. The molecule has 1 saturated carbocycles. The van der Waals surface area contributed by atoms with E-state index >= 15 is 0 Å². The Balaban J connectivity index is 1.22. The van der Waals surface area contributed by atoms with Gasteiger partial charge in [-0.05, 0) is 47.4 Å². The Bertz CT molecular complexity index is 876. The predicted molar refractivity (Wildman–Crippen MR) is 107 cm³/mol. The molecule has 2 aromatic carbocycles. The highest BCUT2D eigenvalue weighted by atomic mass is 19.4. The summed E-state index contributed by atoms with van der Waals surface area (Å²) in [5, 5.41) is 2.87. The van der Waals surface area contributed by atoms with Gasteiger partial charge in [-0.15, -0.1) is 13.2 Å². The van der Waals surface area contributed by atoms with Crippen LogP contribution < -0.4 is 10.1 Å². The molecule has 7 heteroatoms. The Morgan fingerprint density at radius 3 is 2.50 bits per heavy atom. The minimum atomic E-state index is -4.77. The van der Waals surface area contributed by atoms with E-state index in [0.717, 1.165) is 25.7 Å². The standard InChI is InChI=1S/C23H25F3N2O2/c1-15(16-6-3-2-4-7-16)12-28-13-20-19(21(20)14-28)11-27-22(29)17-8-5-9-18(10-17)30-23(24,25)26/h2-10,15,19-21H,11-14H2,1H3,(H,27,29). The van der Waals surface area contributed by atoms with E-state index in [0.29, 0.717) is 30.2 Å². The van der Waals surface area contributed by atoms with E-state index in [9.17, 15) is 18.0 Å². The zero-order valence-electron chi connectivity index (χ0n) is 16.7. The molecule has 2 aliphatic rings. The van der Waals surface area contributed by atoms with Crippen LogP contribution in [0.25, 0.3) is 0 Å². The summed E-state index contributed by atoms with van der Waals surface area (Å²) < 4.78 is 40.9. The van der Waals surface area contributed by atoms with E-state index in [4.69, 9.17) is 0 Å². The molecule has 0 radical (unpaired) electrons. The summed E-state index contributed by atoms with van der Waals surface area (Å²) in [6.45, 7) is 5.91. The molecule has 160 valence electrons. The molecule has 4 nitrogen and oxygen atoms in total. The van der Waals surface area contributed by atoms with Gasteiger partial charge in [-0.25, -0.2) is 0 Å². The van der Waals surface area contributed by atoms with Crippen LogP contribution in [0.15, 0.2) is 54.6 Å². The van der Waals surface area contributed by atoms with Crippen molar-refractivity contribution in [3.63, 3.8) is 0 Å². The Morgan fingerprint density at radius 2 is 1.83 bits per heavy atom. The quantitative estimate of drug-likeness (QED) is 0.729. The lowest BCUT2D eigenvalue weighted by Gasteiger charge is -2.23. The molecule has 1 heterocycles. The molecule has 1 N–H and O–H groups in total. The third-order valence-electron chi connectivity index (χ3n) is 6.18.